The average molecular weight is 563 g/mol. The third-order valence-corrected chi connectivity index (χ3v) is 7.40. The van der Waals surface area contributed by atoms with Gasteiger partial charge in [0.2, 0.25) is 6.79 Å². The molecule has 2 aliphatic rings. The van der Waals surface area contributed by atoms with Crippen LogP contribution in [0.25, 0.3) is 0 Å². The Labute approximate surface area is 243 Å². The highest BCUT2D eigenvalue weighted by molar-refractivity contribution is 6.04. The summed E-state index contributed by atoms with van der Waals surface area (Å²) in [6, 6.07) is 29.1. The van der Waals surface area contributed by atoms with Crippen LogP contribution in [0.1, 0.15) is 27.8 Å². The van der Waals surface area contributed by atoms with Crippen LogP contribution in [0.15, 0.2) is 97.1 Å². The van der Waals surface area contributed by atoms with Gasteiger partial charge in [0.25, 0.3) is 5.91 Å². The summed E-state index contributed by atoms with van der Waals surface area (Å²) in [5, 5.41) is 7.65. The molecule has 2 aliphatic heterocycles. The number of benzene rings is 4. The summed E-state index contributed by atoms with van der Waals surface area (Å²) in [4.78, 5) is 30.4. The predicted molar refractivity (Wildman–Crippen MR) is 156 cm³/mol. The molecule has 1 fully saturated rings. The van der Waals surface area contributed by atoms with Gasteiger partial charge in [0, 0.05) is 18.5 Å². The van der Waals surface area contributed by atoms with Crippen LogP contribution in [0, 0.1) is 5.41 Å². The number of carbonyl (C=O) groups is 2. The van der Waals surface area contributed by atoms with Crippen molar-refractivity contribution >= 4 is 17.8 Å². The van der Waals surface area contributed by atoms with Gasteiger partial charge in [-0.05, 0) is 46.5 Å². The number of ether oxygens (including phenoxy) is 3. The smallest absolute Gasteiger partial charge is 0.328 e. The monoisotopic (exact) mass is 562 g/mol. The van der Waals surface area contributed by atoms with E-state index >= 15 is 0 Å². The van der Waals surface area contributed by atoms with Crippen LogP contribution >= 0.6 is 0 Å². The van der Waals surface area contributed by atoms with Crippen molar-refractivity contribution in [1.29, 1.82) is 5.41 Å². The molecular weight excluding hydrogens is 532 g/mol. The Morgan fingerprint density at radius 1 is 0.810 bits per heavy atom. The second kappa shape index (κ2) is 11.7. The molecule has 1 saturated heterocycles. The SMILES string of the molecule is N=C(N)c1ccc(C[C@H]2C(=O)N(Cc3ccc4c(c3)OCO4)C(=O)N2Cc2ccc(OCc3ccccc3)cc2)cc1. The van der Waals surface area contributed by atoms with Crippen LogP contribution in [-0.4, -0.2) is 40.4 Å². The molecule has 0 aromatic heterocycles. The van der Waals surface area contributed by atoms with Crippen molar-refractivity contribution in [1.82, 2.24) is 9.80 Å². The molecule has 2 heterocycles. The fourth-order valence-electron chi connectivity index (χ4n) is 5.11. The van der Waals surface area contributed by atoms with Gasteiger partial charge in [0.1, 0.15) is 24.2 Å². The summed E-state index contributed by atoms with van der Waals surface area (Å²) < 4.78 is 16.8. The number of nitrogen functional groups attached to an aromatic ring is 1. The topological polar surface area (TPSA) is 118 Å². The van der Waals surface area contributed by atoms with E-state index < -0.39 is 6.04 Å². The number of hydrogen-bond donors (Lipinski definition) is 2. The molecule has 0 bridgehead atoms. The molecule has 3 N–H and O–H groups in total. The minimum absolute atomic E-state index is 0.0265. The van der Waals surface area contributed by atoms with Crippen LogP contribution in [0.3, 0.4) is 0 Å². The van der Waals surface area contributed by atoms with Crippen LogP contribution in [0.4, 0.5) is 4.79 Å². The number of nitrogens with one attached hydrogen (secondary N) is 1. The number of nitrogens with zero attached hydrogens (tertiary/aromatic N) is 2. The van der Waals surface area contributed by atoms with Crippen molar-refractivity contribution in [2.75, 3.05) is 6.79 Å². The molecular formula is C33H30N4O5. The first-order chi connectivity index (χ1) is 20.4. The van der Waals surface area contributed by atoms with Gasteiger partial charge in [-0.15, -0.1) is 0 Å². The summed E-state index contributed by atoms with van der Waals surface area (Å²) in [6.07, 6.45) is 0.332. The fourth-order valence-corrected chi connectivity index (χ4v) is 5.11. The van der Waals surface area contributed by atoms with Crippen LogP contribution in [0.5, 0.6) is 17.2 Å². The summed E-state index contributed by atoms with van der Waals surface area (Å²) in [5.74, 6) is 1.66. The lowest BCUT2D eigenvalue weighted by Crippen LogP contribution is -2.36. The summed E-state index contributed by atoms with van der Waals surface area (Å²) in [7, 11) is 0. The molecule has 1 atom stereocenters. The largest absolute Gasteiger partial charge is 0.489 e. The second-order valence-corrected chi connectivity index (χ2v) is 10.3. The molecule has 6 rings (SSSR count). The van der Waals surface area contributed by atoms with Crippen molar-refractivity contribution in [2.24, 2.45) is 5.73 Å². The van der Waals surface area contributed by atoms with E-state index in [-0.39, 0.29) is 37.7 Å². The highest BCUT2D eigenvalue weighted by Gasteiger charge is 2.44. The number of carbonyl (C=O) groups excluding carboxylic acids is 2. The molecule has 9 heteroatoms. The number of rotatable bonds is 10. The summed E-state index contributed by atoms with van der Waals surface area (Å²) >= 11 is 0. The first-order valence-corrected chi connectivity index (χ1v) is 13.6. The number of hydrogen-bond acceptors (Lipinski definition) is 6. The molecule has 0 aliphatic carbocycles. The molecule has 0 radical (unpaired) electrons. The Balaban J connectivity index is 1.21. The first-order valence-electron chi connectivity index (χ1n) is 13.6. The van der Waals surface area contributed by atoms with Crippen molar-refractivity contribution in [2.45, 2.75) is 32.2 Å². The van der Waals surface area contributed by atoms with Gasteiger partial charge in [-0.3, -0.25) is 15.1 Å². The number of nitrogens with two attached hydrogens (primary N) is 1. The molecule has 0 unspecified atom stereocenters. The summed E-state index contributed by atoms with van der Waals surface area (Å²) in [5.41, 5.74) is 9.79. The van der Waals surface area contributed by atoms with Crippen molar-refractivity contribution in [3.63, 3.8) is 0 Å². The van der Waals surface area contributed by atoms with Gasteiger partial charge in [0.15, 0.2) is 11.5 Å². The Morgan fingerprint density at radius 2 is 1.50 bits per heavy atom. The number of amides is 3. The van der Waals surface area contributed by atoms with Gasteiger partial charge < -0.3 is 24.8 Å². The van der Waals surface area contributed by atoms with Crippen LogP contribution < -0.4 is 19.9 Å². The fraction of sp³-hybridized carbons (Fsp3) is 0.182. The molecule has 212 valence electrons. The lowest BCUT2D eigenvalue weighted by molar-refractivity contribution is -0.128. The zero-order valence-corrected chi connectivity index (χ0v) is 22.9. The number of urea groups is 1. The van der Waals surface area contributed by atoms with Gasteiger partial charge in [-0.2, -0.15) is 0 Å². The van der Waals surface area contributed by atoms with E-state index in [1.54, 1.807) is 29.2 Å². The van der Waals surface area contributed by atoms with E-state index in [1.165, 1.54) is 4.90 Å². The van der Waals surface area contributed by atoms with E-state index in [1.807, 2.05) is 72.8 Å². The molecule has 42 heavy (non-hydrogen) atoms. The lowest BCUT2D eigenvalue weighted by atomic mass is 10.0. The maximum absolute atomic E-state index is 13.7. The van der Waals surface area contributed by atoms with Gasteiger partial charge in [0.05, 0.1) is 6.54 Å². The van der Waals surface area contributed by atoms with Gasteiger partial charge in [-0.25, -0.2) is 4.79 Å². The first kappa shape index (κ1) is 26.9. The zero-order chi connectivity index (χ0) is 29.1. The Hall–Kier alpha value is -5.31. The Kier molecular flexibility index (Phi) is 7.47. The second-order valence-electron chi connectivity index (χ2n) is 10.3. The molecule has 9 nitrogen and oxygen atoms in total. The minimum atomic E-state index is -0.691. The minimum Gasteiger partial charge on any atom is -0.489 e. The third-order valence-electron chi connectivity index (χ3n) is 7.40. The van der Waals surface area contributed by atoms with E-state index in [4.69, 9.17) is 25.4 Å². The summed E-state index contributed by atoms with van der Waals surface area (Å²) in [6.45, 7) is 0.988. The number of amidine groups is 1. The van der Waals surface area contributed by atoms with Crippen LogP contribution in [0.2, 0.25) is 0 Å². The quantitative estimate of drug-likeness (QED) is 0.162. The molecule has 4 aromatic rings. The van der Waals surface area contributed by atoms with Crippen molar-refractivity contribution in [3.05, 3.63) is 125 Å². The highest BCUT2D eigenvalue weighted by Crippen LogP contribution is 2.34. The normalized spacial score (nSPS) is 15.8. The van der Waals surface area contributed by atoms with Gasteiger partial charge >= 0.3 is 6.03 Å². The van der Waals surface area contributed by atoms with Crippen molar-refractivity contribution < 1.29 is 23.8 Å². The van der Waals surface area contributed by atoms with Gasteiger partial charge in [-0.1, -0.05) is 72.8 Å². The maximum atomic E-state index is 13.7. The molecule has 4 aromatic carbocycles. The number of imide groups is 1. The number of fused-ring (bicyclic) bond motifs is 1. The highest BCUT2D eigenvalue weighted by atomic mass is 16.7. The Bertz CT molecular complexity index is 1610. The molecule has 0 spiro atoms. The average Bonchev–Trinajstić information content (AvgIpc) is 3.56. The maximum Gasteiger partial charge on any atom is 0.328 e. The van der Waals surface area contributed by atoms with Crippen molar-refractivity contribution in [3.8, 4) is 17.2 Å². The zero-order valence-electron chi connectivity index (χ0n) is 22.9. The van der Waals surface area contributed by atoms with E-state index in [9.17, 15) is 9.59 Å². The standard InChI is InChI=1S/C33H30N4O5/c34-31(35)26-11-6-22(7-12-26)16-28-32(38)37(19-25-10-15-29-30(17-25)42-21-41-29)33(39)36(28)18-23-8-13-27(14-9-23)40-20-24-4-2-1-3-5-24/h1-15,17,28H,16,18-21H2,(H3,34,35)/t28-/m0/s1. The van der Waals surface area contributed by atoms with E-state index in [2.05, 4.69) is 0 Å². The van der Waals surface area contributed by atoms with E-state index in [0.29, 0.717) is 30.1 Å². The van der Waals surface area contributed by atoms with E-state index in [0.717, 1.165) is 28.0 Å². The Morgan fingerprint density at radius 3 is 2.24 bits per heavy atom. The molecule has 3 amide bonds. The lowest BCUT2D eigenvalue weighted by Gasteiger charge is -2.22. The third kappa shape index (κ3) is 5.76. The molecule has 0 saturated carbocycles. The predicted octanol–water partition coefficient (Wildman–Crippen LogP) is 4.85. The van der Waals surface area contributed by atoms with Crippen LogP contribution in [-0.2, 0) is 30.9 Å².